The van der Waals surface area contributed by atoms with Crippen LogP contribution in [0, 0.1) is 29.9 Å². The Balaban J connectivity index is 1.28. The van der Waals surface area contributed by atoms with Crippen molar-refractivity contribution in [3.8, 4) is 0 Å². The summed E-state index contributed by atoms with van der Waals surface area (Å²) in [5, 5.41) is 10.5. The van der Waals surface area contributed by atoms with Gasteiger partial charge in [0.05, 0.1) is 0 Å². The molecule has 6 heteroatoms. The zero-order chi connectivity index (χ0) is 20.2. The van der Waals surface area contributed by atoms with Crippen LogP contribution in [0.3, 0.4) is 0 Å². The minimum atomic E-state index is 0.504. The number of aromatic nitrogens is 3. The van der Waals surface area contributed by atoms with Crippen molar-refractivity contribution in [1.82, 2.24) is 15.0 Å². The SMILES string of the molecule is c1ccc(CNc2nc(NCC3CCCCC3)nc(NC3CC4CCC3C4)n2)cc#1. The molecular weight excluding hydrogens is 372 g/mol. The predicted octanol–water partition coefficient (Wildman–Crippen LogP) is 4.68. The summed E-state index contributed by atoms with van der Waals surface area (Å²) < 4.78 is 0. The van der Waals surface area contributed by atoms with Crippen molar-refractivity contribution in [3.63, 3.8) is 0 Å². The van der Waals surface area contributed by atoms with Gasteiger partial charge < -0.3 is 16.0 Å². The number of hydrogen-bond donors (Lipinski definition) is 3. The fourth-order valence-electron chi connectivity index (χ4n) is 5.48. The first-order valence-electron chi connectivity index (χ1n) is 11.7. The average molecular weight is 405 g/mol. The van der Waals surface area contributed by atoms with Crippen LogP contribution in [0.25, 0.3) is 0 Å². The summed E-state index contributed by atoms with van der Waals surface area (Å²) in [5.41, 5.74) is 1.13. The number of fused-ring (bicyclic) bond motifs is 2. The fourth-order valence-corrected chi connectivity index (χ4v) is 5.48. The van der Waals surface area contributed by atoms with Crippen LogP contribution in [-0.4, -0.2) is 27.5 Å². The topological polar surface area (TPSA) is 74.8 Å². The van der Waals surface area contributed by atoms with Gasteiger partial charge in [-0.25, -0.2) is 0 Å². The molecule has 3 N–H and O–H groups in total. The van der Waals surface area contributed by atoms with Crippen LogP contribution in [0.1, 0.15) is 63.4 Å². The van der Waals surface area contributed by atoms with E-state index in [4.69, 9.17) is 4.98 Å². The second-order valence-corrected chi connectivity index (χ2v) is 9.31. The van der Waals surface area contributed by atoms with Crippen LogP contribution in [0.15, 0.2) is 18.2 Å². The Morgan fingerprint density at radius 3 is 2.43 bits per heavy atom. The van der Waals surface area contributed by atoms with E-state index in [1.165, 1.54) is 57.8 Å². The van der Waals surface area contributed by atoms with E-state index in [1.807, 2.05) is 18.2 Å². The third-order valence-corrected chi connectivity index (χ3v) is 7.13. The molecule has 2 aromatic rings. The summed E-state index contributed by atoms with van der Waals surface area (Å²) in [6.07, 6.45) is 12.0. The summed E-state index contributed by atoms with van der Waals surface area (Å²) in [7, 11) is 0. The van der Waals surface area contributed by atoms with Gasteiger partial charge in [-0.2, -0.15) is 15.0 Å². The molecule has 0 saturated heterocycles. The Hall–Kier alpha value is -2.55. The lowest BCUT2D eigenvalue weighted by Crippen LogP contribution is -2.27. The highest BCUT2D eigenvalue weighted by molar-refractivity contribution is 5.43. The van der Waals surface area contributed by atoms with Gasteiger partial charge in [-0.1, -0.05) is 37.8 Å². The summed E-state index contributed by atoms with van der Waals surface area (Å²) in [6.45, 7) is 1.60. The Morgan fingerprint density at radius 1 is 0.867 bits per heavy atom. The molecule has 6 nitrogen and oxygen atoms in total. The molecule has 2 bridgehead atoms. The smallest absolute Gasteiger partial charge is 0.229 e. The van der Waals surface area contributed by atoms with Gasteiger partial charge >= 0.3 is 0 Å². The van der Waals surface area contributed by atoms with Crippen LogP contribution in [0.4, 0.5) is 17.8 Å². The maximum atomic E-state index is 4.72. The van der Waals surface area contributed by atoms with Crippen molar-refractivity contribution < 1.29 is 0 Å². The van der Waals surface area contributed by atoms with Gasteiger partial charge in [0.25, 0.3) is 0 Å². The van der Waals surface area contributed by atoms with Gasteiger partial charge in [-0.3, -0.25) is 0 Å². The van der Waals surface area contributed by atoms with Crippen molar-refractivity contribution in [1.29, 1.82) is 0 Å². The van der Waals surface area contributed by atoms with Crippen molar-refractivity contribution in [3.05, 3.63) is 35.9 Å². The van der Waals surface area contributed by atoms with E-state index in [2.05, 4.69) is 38.1 Å². The second kappa shape index (κ2) is 9.07. The van der Waals surface area contributed by atoms with E-state index in [0.29, 0.717) is 30.4 Å². The molecule has 30 heavy (non-hydrogen) atoms. The third-order valence-electron chi connectivity index (χ3n) is 7.13. The number of hydrogen-bond acceptors (Lipinski definition) is 6. The Bertz CT molecular complexity index is 820. The van der Waals surface area contributed by atoms with Gasteiger partial charge in [-0.05, 0) is 73.6 Å². The van der Waals surface area contributed by atoms with Gasteiger partial charge in [0.15, 0.2) is 0 Å². The first-order valence-corrected chi connectivity index (χ1v) is 11.7. The van der Waals surface area contributed by atoms with Gasteiger partial charge in [-0.15, -0.1) is 0 Å². The van der Waals surface area contributed by atoms with Crippen molar-refractivity contribution in [2.24, 2.45) is 17.8 Å². The first-order chi connectivity index (χ1) is 14.8. The second-order valence-electron chi connectivity index (χ2n) is 9.31. The summed E-state index contributed by atoms with van der Waals surface area (Å²) in [6, 6.07) is 12.3. The maximum absolute atomic E-state index is 4.72. The van der Waals surface area contributed by atoms with Gasteiger partial charge in [0, 0.05) is 19.1 Å². The summed E-state index contributed by atoms with van der Waals surface area (Å²) in [4.78, 5) is 14.1. The zero-order valence-electron chi connectivity index (χ0n) is 17.7. The van der Waals surface area contributed by atoms with E-state index in [-0.39, 0.29) is 0 Å². The minimum absolute atomic E-state index is 0.504. The monoisotopic (exact) mass is 404 g/mol. The molecular formula is C24H32N6. The van der Waals surface area contributed by atoms with Crippen LogP contribution in [0.2, 0.25) is 0 Å². The van der Waals surface area contributed by atoms with Gasteiger partial charge in [0.1, 0.15) is 0 Å². The number of nitrogens with one attached hydrogen (secondary N) is 3. The Labute approximate surface area is 179 Å². The third kappa shape index (κ3) is 4.77. The molecule has 3 aliphatic carbocycles. The molecule has 158 valence electrons. The lowest BCUT2D eigenvalue weighted by atomic mass is 9.89. The van der Waals surface area contributed by atoms with Crippen LogP contribution < -0.4 is 16.0 Å². The van der Waals surface area contributed by atoms with Crippen LogP contribution in [-0.2, 0) is 6.54 Å². The highest BCUT2D eigenvalue weighted by Crippen LogP contribution is 2.45. The lowest BCUT2D eigenvalue weighted by molar-refractivity contribution is 0.373. The van der Waals surface area contributed by atoms with Crippen LogP contribution in [0.5, 0.6) is 0 Å². The van der Waals surface area contributed by atoms with E-state index in [9.17, 15) is 0 Å². The highest BCUT2D eigenvalue weighted by atomic mass is 15.3. The molecule has 0 aliphatic heterocycles. The molecule has 0 amide bonds. The largest absolute Gasteiger partial charge is 0.354 e. The Kier molecular flexibility index (Phi) is 5.87. The number of anilines is 3. The zero-order valence-corrected chi connectivity index (χ0v) is 17.7. The van der Waals surface area contributed by atoms with Crippen molar-refractivity contribution in [2.45, 2.75) is 70.4 Å². The fraction of sp³-hybridized carbons (Fsp3) is 0.625. The highest BCUT2D eigenvalue weighted by Gasteiger charge is 2.39. The normalized spacial score (nSPS) is 25.7. The molecule has 3 atom stereocenters. The molecule has 3 saturated carbocycles. The lowest BCUT2D eigenvalue weighted by Gasteiger charge is -2.24. The molecule has 3 aliphatic rings. The number of nitrogens with zero attached hydrogens (tertiary/aromatic N) is 3. The molecule has 1 heterocycles. The predicted molar refractivity (Wildman–Crippen MR) is 119 cm³/mol. The average Bonchev–Trinajstić information content (AvgIpc) is 3.41. The molecule has 0 spiro atoms. The summed E-state index contributed by atoms with van der Waals surface area (Å²) >= 11 is 0. The quantitative estimate of drug-likeness (QED) is 0.593. The Morgan fingerprint density at radius 2 is 1.70 bits per heavy atom. The van der Waals surface area contributed by atoms with E-state index < -0.39 is 0 Å². The van der Waals surface area contributed by atoms with Crippen molar-refractivity contribution in [2.75, 3.05) is 22.5 Å². The molecule has 5 rings (SSSR count). The standard InChI is InChI=1S/C24H32N6/c1-3-7-17(8-4-1)15-25-22-28-23(26-16-18-9-5-2-6-10-18)30-24(29-22)27-21-14-19-11-12-20(21)13-19/h5,9-10,17,19-21H,1,3-4,7-8,11-16H2,(H3,25,26,27,28,29,30). The van der Waals surface area contributed by atoms with Crippen molar-refractivity contribution >= 4 is 17.8 Å². The molecule has 3 unspecified atom stereocenters. The van der Waals surface area contributed by atoms with E-state index in [1.54, 1.807) is 0 Å². The maximum Gasteiger partial charge on any atom is 0.229 e. The number of rotatable bonds is 8. The van der Waals surface area contributed by atoms with E-state index >= 15 is 0 Å². The molecule has 0 radical (unpaired) electrons. The first kappa shape index (κ1) is 19.4. The molecule has 3 fully saturated rings. The molecule has 1 aromatic carbocycles. The summed E-state index contributed by atoms with van der Waals surface area (Å²) in [5.74, 6) is 4.39. The van der Waals surface area contributed by atoms with Gasteiger partial charge in [0.2, 0.25) is 17.8 Å². The van der Waals surface area contributed by atoms with E-state index in [0.717, 1.165) is 29.9 Å². The van der Waals surface area contributed by atoms with Crippen LogP contribution >= 0.6 is 0 Å². The molecule has 1 aromatic heterocycles. The minimum Gasteiger partial charge on any atom is -0.354 e.